The van der Waals surface area contributed by atoms with E-state index in [4.69, 9.17) is 4.74 Å². The Morgan fingerprint density at radius 3 is 2.86 bits per heavy atom. The molecule has 1 atom stereocenters. The zero-order chi connectivity index (χ0) is 15.7. The van der Waals surface area contributed by atoms with Crippen LogP contribution in [0.4, 0.5) is 8.78 Å². The van der Waals surface area contributed by atoms with Crippen LogP contribution in [-0.2, 0) is 12.8 Å². The van der Waals surface area contributed by atoms with Crippen molar-refractivity contribution in [2.75, 3.05) is 6.61 Å². The van der Waals surface area contributed by atoms with E-state index in [9.17, 15) is 8.78 Å². The summed E-state index contributed by atoms with van der Waals surface area (Å²) in [4.78, 5) is 2.10. The van der Waals surface area contributed by atoms with Crippen molar-refractivity contribution >= 4 is 11.3 Å². The zero-order valence-corrected chi connectivity index (χ0v) is 13.3. The summed E-state index contributed by atoms with van der Waals surface area (Å²) in [5.41, 5.74) is 1.60. The van der Waals surface area contributed by atoms with Gasteiger partial charge < -0.3 is 4.74 Å². The number of hydrogen-bond donors (Lipinski definition) is 0. The smallest absolute Gasteiger partial charge is 0.201 e. The zero-order valence-electron chi connectivity index (χ0n) is 12.5. The fourth-order valence-corrected chi connectivity index (χ4v) is 4.17. The maximum absolute atomic E-state index is 14.3. The molecule has 0 fully saturated rings. The van der Waals surface area contributed by atoms with Gasteiger partial charge in [-0.1, -0.05) is 13.0 Å². The number of benzene rings is 1. The van der Waals surface area contributed by atoms with Crippen LogP contribution in [0.2, 0.25) is 0 Å². The van der Waals surface area contributed by atoms with E-state index < -0.39 is 11.6 Å². The molecule has 1 unspecified atom stereocenters. The van der Waals surface area contributed by atoms with Crippen LogP contribution in [0.15, 0.2) is 30.9 Å². The van der Waals surface area contributed by atoms with Crippen LogP contribution in [-0.4, -0.2) is 6.61 Å². The maximum Gasteiger partial charge on any atom is 0.201 e. The first-order valence-electron chi connectivity index (χ1n) is 7.43. The highest BCUT2D eigenvalue weighted by molar-refractivity contribution is 7.15. The molecule has 3 rings (SSSR count). The second-order valence-electron chi connectivity index (χ2n) is 5.74. The van der Waals surface area contributed by atoms with Crippen LogP contribution in [0.1, 0.15) is 23.8 Å². The average Bonchev–Trinajstić information content (AvgIpc) is 3.01. The molecule has 22 heavy (non-hydrogen) atoms. The molecule has 1 aliphatic carbocycles. The van der Waals surface area contributed by atoms with E-state index in [-0.39, 0.29) is 5.75 Å². The maximum atomic E-state index is 14.3. The highest BCUT2D eigenvalue weighted by Gasteiger charge is 2.23. The van der Waals surface area contributed by atoms with E-state index in [0.717, 1.165) is 17.7 Å². The highest BCUT2D eigenvalue weighted by Crippen LogP contribution is 2.40. The monoisotopic (exact) mass is 320 g/mol. The number of fused-ring (bicyclic) bond motifs is 1. The Kier molecular flexibility index (Phi) is 4.30. The molecule has 116 valence electrons. The van der Waals surface area contributed by atoms with Crippen LogP contribution >= 0.6 is 11.3 Å². The molecule has 0 spiro atoms. The average molecular weight is 320 g/mol. The number of hydrogen-bond acceptors (Lipinski definition) is 2. The Morgan fingerprint density at radius 1 is 1.32 bits per heavy atom. The minimum Gasteiger partial charge on any atom is -0.490 e. The molecule has 1 heterocycles. The minimum absolute atomic E-state index is 0.0409. The van der Waals surface area contributed by atoms with Crippen LogP contribution in [0.5, 0.6) is 5.75 Å². The van der Waals surface area contributed by atoms with Crippen molar-refractivity contribution in [1.29, 1.82) is 0 Å². The van der Waals surface area contributed by atoms with Gasteiger partial charge in [-0.05, 0) is 48.9 Å². The molecule has 4 heteroatoms. The molecular formula is C18H18F2OS. The first-order valence-corrected chi connectivity index (χ1v) is 8.25. The molecule has 0 saturated heterocycles. The van der Waals surface area contributed by atoms with Crippen molar-refractivity contribution < 1.29 is 13.5 Å². The molecule has 1 aromatic carbocycles. The molecule has 0 bridgehead atoms. The van der Waals surface area contributed by atoms with Crippen LogP contribution in [0.3, 0.4) is 0 Å². The lowest BCUT2D eigenvalue weighted by molar-refractivity contribution is 0.302. The standard InChI is InChI=1S/C18H18F2OS/c1-3-4-7-21-14-6-5-13(17(19)18(14)20)16-10-12-8-11(2)9-15(12)22-16/h3,5-6,10-11H,1,4,7-9H2,2H3. The van der Waals surface area contributed by atoms with E-state index in [0.29, 0.717) is 24.5 Å². The summed E-state index contributed by atoms with van der Waals surface area (Å²) in [6.45, 7) is 6.07. The lowest BCUT2D eigenvalue weighted by Gasteiger charge is -2.09. The van der Waals surface area contributed by atoms with Crippen LogP contribution in [0, 0.1) is 17.6 Å². The Balaban J connectivity index is 1.87. The Labute approximate surface area is 133 Å². The number of halogens is 2. The van der Waals surface area contributed by atoms with Gasteiger partial charge in [-0.25, -0.2) is 4.39 Å². The molecule has 1 aromatic heterocycles. The summed E-state index contributed by atoms with van der Waals surface area (Å²) in [7, 11) is 0. The fraction of sp³-hybridized carbons (Fsp3) is 0.333. The first-order chi connectivity index (χ1) is 10.6. The molecule has 0 N–H and O–H groups in total. The Morgan fingerprint density at radius 2 is 2.14 bits per heavy atom. The van der Waals surface area contributed by atoms with Gasteiger partial charge in [-0.15, -0.1) is 17.9 Å². The highest BCUT2D eigenvalue weighted by atomic mass is 32.1. The Hall–Kier alpha value is -1.68. The second-order valence-corrected chi connectivity index (χ2v) is 6.87. The predicted molar refractivity (Wildman–Crippen MR) is 86.6 cm³/mol. The van der Waals surface area contributed by atoms with Gasteiger partial charge in [0, 0.05) is 15.3 Å². The van der Waals surface area contributed by atoms with E-state index >= 15 is 0 Å². The van der Waals surface area contributed by atoms with E-state index in [1.807, 2.05) is 6.07 Å². The SMILES string of the molecule is C=CCCOc1ccc(-c2cc3c(s2)CC(C)C3)c(F)c1F. The molecule has 0 saturated carbocycles. The number of thiophene rings is 1. The number of ether oxygens (including phenoxy) is 1. The summed E-state index contributed by atoms with van der Waals surface area (Å²) in [6, 6.07) is 5.11. The van der Waals surface area contributed by atoms with Crippen molar-refractivity contribution in [1.82, 2.24) is 0 Å². The topological polar surface area (TPSA) is 9.23 Å². The van der Waals surface area contributed by atoms with Gasteiger partial charge in [0.1, 0.15) is 0 Å². The van der Waals surface area contributed by atoms with Gasteiger partial charge in [0.15, 0.2) is 11.6 Å². The first kappa shape index (κ1) is 15.2. The normalized spacial score (nSPS) is 16.6. The van der Waals surface area contributed by atoms with Crippen molar-refractivity contribution in [3.05, 3.63) is 52.9 Å². The van der Waals surface area contributed by atoms with Crippen molar-refractivity contribution in [2.45, 2.75) is 26.2 Å². The third kappa shape index (κ3) is 2.80. The van der Waals surface area contributed by atoms with Crippen molar-refractivity contribution in [3.8, 4) is 16.2 Å². The quantitative estimate of drug-likeness (QED) is 0.530. The number of rotatable bonds is 5. The van der Waals surface area contributed by atoms with E-state index in [1.165, 1.54) is 16.5 Å². The third-order valence-corrected chi connectivity index (χ3v) is 5.12. The Bertz CT molecular complexity index is 682. The molecule has 0 amide bonds. The molecule has 1 aliphatic rings. The van der Waals surface area contributed by atoms with Crippen LogP contribution < -0.4 is 4.74 Å². The summed E-state index contributed by atoms with van der Waals surface area (Å²) in [5, 5.41) is 0. The van der Waals surface area contributed by atoms with E-state index in [2.05, 4.69) is 13.5 Å². The molecule has 0 radical (unpaired) electrons. The molecular weight excluding hydrogens is 302 g/mol. The van der Waals surface area contributed by atoms with Crippen LogP contribution in [0.25, 0.3) is 10.4 Å². The van der Waals surface area contributed by atoms with Gasteiger partial charge >= 0.3 is 0 Å². The van der Waals surface area contributed by atoms with E-state index in [1.54, 1.807) is 23.5 Å². The van der Waals surface area contributed by atoms with Gasteiger partial charge in [0.25, 0.3) is 0 Å². The predicted octanol–water partition coefficient (Wildman–Crippen LogP) is 5.38. The summed E-state index contributed by atoms with van der Waals surface area (Å²) < 4.78 is 33.7. The summed E-state index contributed by atoms with van der Waals surface area (Å²) in [6.07, 6.45) is 4.33. The fourth-order valence-electron chi connectivity index (χ4n) is 2.79. The molecule has 0 aliphatic heterocycles. The largest absolute Gasteiger partial charge is 0.490 e. The lowest BCUT2D eigenvalue weighted by Crippen LogP contribution is -2.00. The van der Waals surface area contributed by atoms with Crippen molar-refractivity contribution in [3.63, 3.8) is 0 Å². The second kappa shape index (κ2) is 6.21. The van der Waals surface area contributed by atoms with Crippen molar-refractivity contribution in [2.24, 2.45) is 5.92 Å². The third-order valence-electron chi connectivity index (χ3n) is 3.89. The summed E-state index contributed by atoms with van der Waals surface area (Å²) >= 11 is 1.57. The van der Waals surface area contributed by atoms with Gasteiger partial charge in [-0.3, -0.25) is 0 Å². The lowest BCUT2D eigenvalue weighted by atomic mass is 10.1. The minimum atomic E-state index is -0.913. The molecule has 1 nitrogen and oxygen atoms in total. The molecule has 2 aromatic rings. The van der Waals surface area contributed by atoms with Gasteiger partial charge in [-0.2, -0.15) is 4.39 Å². The van der Waals surface area contributed by atoms with Gasteiger partial charge in [0.05, 0.1) is 6.61 Å². The van der Waals surface area contributed by atoms with Gasteiger partial charge in [0.2, 0.25) is 5.82 Å². The summed E-state index contributed by atoms with van der Waals surface area (Å²) in [5.74, 6) is -1.13.